The standard InChI is InChI=1S/C14H23NO4/c1-19-14(5-3-6-14)9-12(16)15-7-2-4-11(10-15)8-13(17)18/h11H,2-10H2,1H3,(H,17,18). The largest absolute Gasteiger partial charge is 0.481 e. The van der Waals surface area contributed by atoms with Crippen LogP contribution >= 0.6 is 0 Å². The number of methoxy groups -OCH3 is 1. The first-order valence-corrected chi connectivity index (χ1v) is 7.09. The molecular weight excluding hydrogens is 246 g/mol. The number of piperidine rings is 1. The van der Waals surface area contributed by atoms with Gasteiger partial charge in [-0.3, -0.25) is 9.59 Å². The molecule has 0 aromatic carbocycles. The maximum atomic E-state index is 12.3. The number of nitrogens with zero attached hydrogens (tertiary/aromatic N) is 1. The molecule has 0 aromatic heterocycles. The fourth-order valence-corrected chi connectivity index (χ4v) is 3.12. The lowest BCUT2D eigenvalue weighted by atomic mass is 9.77. The Balaban J connectivity index is 1.86. The average molecular weight is 269 g/mol. The molecule has 5 nitrogen and oxygen atoms in total. The third-order valence-electron chi connectivity index (χ3n) is 4.51. The third-order valence-corrected chi connectivity index (χ3v) is 4.51. The van der Waals surface area contributed by atoms with E-state index >= 15 is 0 Å². The van der Waals surface area contributed by atoms with Gasteiger partial charge in [0.25, 0.3) is 0 Å². The number of aliphatic carboxylic acids is 1. The fourth-order valence-electron chi connectivity index (χ4n) is 3.12. The number of hydrogen-bond donors (Lipinski definition) is 1. The second-order valence-corrected chi connectivity index (χ2v) is 5.86. The van der Waals surface area contributed by atoms with E-state index in [-0.39, 0.29) is 23.8 Å². The maximum absolute atomic E-state index is 12.3. The molecule has 1 heterocycles. The van der Waals surface area contributed by atoms with Gasteiger partial charge in [0.15, 0.2) is 0 Å². The van der Waals surface area contributed by atoms with E-state index in [2.05, 4.69) is 0 Å². The van der Waals surface area contributed by atoms with E-state index in [9.17, 15) is 9.59 Å². The number of hydrogen-bond acceptors (Lipinski definition) is 3. The van der Waals surface area contributed by atoms with Gasteiger partial charge in [0.05, 0.1) is 12.0 Å². The van der Waals surface area contributed by atoms with Crippen LogP contribution in [0.15, 0.2) is 0 Å². The van der Waals surface area contributed by atoms with Crippen molar-refractivity contribution in [1.82, 2.24) is 4.90 Å². The van der Waals surface area contributed by atoms with Crippen molar-refractivity contribution in [2.75, 3.05) is 20.2 Å². The lowest BCUT2D eigenvalue weighted by Gasteiger charge is -2.42. The quantitative estimate of drug-likeness (QED) is 0.824. The van der Waals surface area contributed by atoms with Crippen molar-refractivity contribution < 1.29 is 19.4 Å². The monoisotopic (exact) mass is 269 g/mol. The molecule has 19 heavy (non-hydrogen) atoms. The number of rotatable bonds is 5. The predicted octanol–water partition coefficient (Wildman–Crippen LogP) is 1.66. The summed E-state index contributed by atoms with van der Waals surface area (Å²) in [5.41, 5.74) is -0.239. The van der Waals surface area contributed by atoms with Crippen LogP contribution in [0.3, 0.4) is 0 Å². The number of carbonyl (C=O) groups is 2. The minimum absolute atomic E-state index is 0.107. The Morgan fingerprint density at radius 2 is 2.11 bits per heavy atom. The molecule has 1 saturated heterocycles. The molecule has 1 N–H and O–H groups in total. The molecule has 0 spiro atoms. The number of carbonyl (C=O) groups excluding carboxylic acids is 1. The van der Waals surface area contributed by atoms with E-state index in [1.165, 1.54) is 0 Å². The van der Waals surface area contributed by atoms with Crippen molar-refractivity contribution >= 4 is 11.9 Å². The lowest BCUT2D eigenvalue weighted by molar-refractivity contribution is -0.147. The number of amides is 1. The predicted molar refractivity (Wildman–Crippen MR) is 69.8 cm³/mol. The maximum Gasteiger partial charge on any atom is 0.303 e. The van der Waals surface area contributed by atoms with Crippen LogP contribution in [0.1, 0.15) is 44.9 Å². The Labute approximate surface area is 113 Å². The molecule has 5 heteroatoms. The lowest BCUT2D eigenvalue weighted by Crippen LogP contribution is -2.47. The zero-order valence-corrected chi connectivity index (χ0v) is 11.6. The number of likely N-dealkylation sites (tertiary alicyclic amines) is 1. The van der Waals surface area contributed by atoms with Gasteiger partial charge in [-0.2, -0.15) is 0 Å². The van der Waals surface area contributed by atoms with Gasteiger partial charge in [0, 0.05) is 26.6 Å². The molecule has 108 valence electrons. The van der Waals surface area contributed by atoms with Gasteiger partial charge >= 0.3 is 5.97 Å². The Bertz CT molecular complexity index is 346. The van der Waals surface area contributed by atoms with Crippen molar-refractivity contribution in [3.05, 3.63) is 0 Å². The summed E-state index contributed by atoms with van der Waals surface area (Å²) in [7, 11) is 1.68. The number of ether oxygens (including phenoxy) is 1. The SMILES string of the molecule is COC1(CC(=O)N2CCCC(CC(=O)O)C2)CCC1. The molecular formula is C14H23NO4. The van der Waals surface area contributed by atoms with Crippen LogP contribution in [0.5, 0.6) is 0 Å². The third kappa shape index (κ3) is 3.47. The summed E-state index contributed by atoms with van der Waals surface area (Å²) in [6.07, 6.45) is 5.48. The van der Waals surface area contributed by atoms with E-state index in [4.69, 9.17) is 9.84 Å². The van der Waals surface area contributed by atoms with Gasteiger partial charge in [0.1, 0.15) is 0 Å². The zero-order chi connectivity index (χ0) is 13.9. The van der Waals surface area contributed by atoms with Gasteiger partial charge in [-0.15, -0.1) is 0 Å². The van der Waals surface area contributed by atoms with Gasteiger partial charge in [-0.05, 0) is 38.0 Å². The second kappa shape index (κ2) is 5.90. The normalized spacial score (nSPS) is 25.7. The fraction of sp³-hybridized carbons (Fsp3) is 0.857. The van der Waals surface area contributed by atoms with Crippen molar-refractivity contribution in [2.45, 2.75) is 50.5 Å². The second-order valence-electron chi connectivity index (χ2n) is 5.86. The molecule has 1 aliphatic heterocycles. The minimum Gasteiger partial charge on any atom is -0.481 e. The Kier molecular flexibility index (Phi) is 4.45. The van der Waals surface area contributed by atoms with Crippen molar-refractivity contribution in [3.8, 4) is 0 Å². The van der Waals surface area contributed by atoms with Crippen LogP contribution in [-0.2, 0) is 14.3 Å². The molecule has 0 radical (unpaired) electrons. The smallest absolute Gasteiger partial charge is 0.303 e. The highest BCUT2D eigenvalue weighted by Gasteiger charge is 2.40. The molecule has 0 bridgehead atoms. The molecule has 2 fully saturated rings. The summed E-state index contributed by atoms with van der Waals surface area (Å²) < 4.78 is 5.49. The van der Waals surface area contributed by atoms with Crippen molar-refractivity contribution in [2.24, 2.45) is 5.92 Å². The van der Waals surface area contributed by atoms with Gasteiger partial charge < -0.3 is 14.7 Å². The summed E-state index contributed by atoms with van der Waals surface area (Å²) >= 11 is 0. The van der Waals surface area contributed by atoms with Gasteiger partial charge in [-0.25, -0.2) is 0 Å². The summed E-state index contributed by atoms with van der Waals surface area (Å²) in [5.74, 6) is -0.543. The van der Waals surface area contributed by atoms with Crippen LogP contribution < -0.4 is 0 Å². The summed E-state index contributed by atoms with van der Waals surface area (Å²) in [4.78, 5) is 24.9. The molecule has 1 saturated carbocycles. The van der Waals surface area contributed by atoms with Crippen LogP contribution in [0.4, 0.5) is 0 Å². The van der Waals surface area contributed by atoms with E-state index < -0.39 is 5.97 Å². The van der Waals surface area contributed by atoms with Crippen molar-refractivity contribution in [1.29, 1.82) is 0 Å². The van der Waals surface area contributed by atoms with Crippen LogP contribution in [0.25, 0.3) is 0 Å². The average Bonchev–Trinajstić information content (AvgIpc) is 2.33. The molecule has 2 aliphatic rings. The molecule has 1 atom stereocenters. The summed E-state index contributed by atoms with van der Waals surface area (Å²) in [6.45, 7) is 1.35. The molecule has 1 unspecified atom stereocenters. The first-order chi connectivity index (χ1) is 9.04. The molecule has 1 aliphatic carbocycles. The van der Waals surface area contributed by atoms with Crippen LogP contribution in [-0.4, -0.2) is 47.7 Å². The highest BCUT2D eigenvalue weighted by Crippen LogP contribution is 2.38. The molecule has 1 amide bonds. The first kappa shape index (κ1) is 14.3. The highest BCUT2D eigenvalue weighted by atomic mass is 16.5. The highest BCUT2D eigenvalue weighted by molar-refractivity contribution is 5.77. The summed E-state index contributed by atoms with van der Waals surface area (Å²) in [6, 6.07) is 0. The van der Waals surface area contributed by atoms with E-state index in [1.54, 1.807) is 7.11 Å². The van der Waals surface area contributed by atoms with Gasteiger partial charge in [-0.1, -0.05) is 0 Å². The Morgan fingerprint density at radius 3 is 2.63 bits per heavy atom. The Morgan fingerprint density at radius 1 is 1.37 bits per heavy atom. The molecule has 2 rings (SSSR count). The number of carboxylic acid groups (broad SMARTS) is 1. The van der Waals surface area contributed by atoms with Gasteiger partial charge in [0.2, 0.25) is 5.91 Å². The van der Waals surface area contributed by atoms with Crippen LogP contribution in [0, 0.1) is 5.92 Å². The summed E-state index contributed by atoms with van der Waals surface area (Å²) in [5, 5.41) is 8.84. The topological polar surface area (TPSA) is 66.8 Å². The van der Waals surface area contributed by atoms with E-state index in [1.807, 2.05) is 4.90 Å². The van der Waals surface area contributed by atoms with E-state index in [0.717, 1.165) is 38.6 Å². The molecule has 0 aromatic rings. The first-order valence-electron chi connectivity index (χ1n) is 7.09. The minimum atomic E-state index is -0.772. The zero-order valence-electron chi connectivity index (χ0n) is 11.6. The number of carboxylic acids is 1. The van der Waals surface area contributed by atoms with E-state index in [0.29, 0.717) is 13.0 Å². The Hall–Kier alpha value is -1.10. The van der Waals surface area contributed by atoms with Crippen LogP contribution in [0.2, 0.25) is 0 Å². The van der Waals surface area contributed by atoms with Crippen molar-refractivity contribution in [3.63, 3.8) is 0 Å².